The van der Waals surface area contributed by atoms with Gasteiger partial charge in [-0.3, -0.25) is 9.69 Å². The average Bonchev–Trinajstić information content (AvgIpc) is 2.97. The number of nitrogens with zero attached hydrogens (tertiary/aromatic N) is 3. The molecule has 2 saturated heterocycles. The van der Waals surface area contributed by atoms with Gasteiger partial charge < -0.3 is 15.4 Å². The summed E-state index contributed by atoms with van der Waals surface area (Å²) in [6.07, 6.45) is 1.15. The highest BCUT2D eigenvalue weighted by atomic mass is 32.1. The van der Waals surface area contributed by atoms with Gasteiger partial charge in [0.2, 0.25) is 5.91 Å². The van der Waals surface area contributed by atoms with E-state index in [1.54, 1.807) is 6.20 Å². The molecule has 0 aliphatic carbocycles. The summed E-state index contributed by atoms with van der Waals surface area (Å²) >= 11 is 1.25. The average molecular weight is 374 g/mol. The Hall–Kier alpha value is -1.32. The van der Waals surface area contributed by atoms with Crippen LogP contribution in [0.15, 0.2) is 6.20 Å². The van der Waals surface area contributed by atoms with Gasteiger partial charge in [0.05, 0.1) is 30.2 Å². The zero-order valence-electron chi connectivity index (χ0n) is 14.5. The summed E-state index contributed by atoms with van der Waals surface area (Å²) in [6, 6.07) is -0.314. The number of thiazole rings is 1. The van der Waals surface area contributed by atoms with Crippen molar-refractivity contribution in [3.8, 4) is 0 Å². The van der Waals surface area contributed by atoms with E-state index in [1.807, 2.05) is 13.8 Å². The molecule has 1 unspecified atom stereocenters. The highest BCUT2D eigenvalue weighted by Gasteiger charge is 2.43. The number of likely N-dealkylation sites (tertiary alicyclic amines) is 1. The maximum atomic E-state index is 14.0. The molecular formula is C16H24F2N4O2S. The summed E-state index contributed by atoms with van der Waals surface area (Å²) in [5.74, 6) is -3.09. The number of carbonyl (C=O) groups is 1. The Bertz CT molecular complexity index is 627. The summed E-state index contributed by atoms with van der Waals surface area (Å²) in [5.41, 5.74) is 5.74. The molecule has 2 N–H and O–H groups in total. The first kappa shape index (κ1) is 18.5. The molecular weight excluding hydrogens is 350 g/mol. The summed E-state index contributed by atoms with van der Waals surface area (Å²) in [5, 5.41) is 0.375. The number of halogens is 2. The van der Waals surface area contributed by atoms with Crippen molar-refractivity contribution in [1.29, 1.82) is 0 Å². The Morgan fingerprint density at radius 2 is 2.28 bits per heavy atom. The molecule has 1 aromatic heterocycles. The minimum atomic E-state index is -2.85. The minimum absolute atomic E-state index is 0.0712. The second kappa shape index (κ2) is 7.13. The SMILES string of the molecule is C[C@@H]1CN(CC(c2cnc(N)s2)N2CC(F)(F)CCC2=O)[C@@H](C)CO1. The lowest BCUT2D eigenvalue weighted by atomic mass is 10.0. The molecule has 25 heavy (non-hydrogen) atoms. The number of ether oxygens (including phenoxy) is 1. The number of nitrogens with two attached hydrogens (primary N) is 1. The van der Waals surface area contributed by atoms with Crippen LogP contribution in [0.3, 0.4) is 0 Å². The third-order valence-electron chi connectivity index (χ3n) is 4.82. The predicted molar refractivity (Wildman–Crippen MR) is 91.6 cm³/mol. The van der Waals surface area contributed by atoms with E-state index in [2.05, 4.69) is 9.88 Å². The second-order valence-corrected chi connectivity index (χ2v) is 8.03. The van der Waals surface area contributed by atoms with Crippen molar-refractivity contribution in [3.63, 3.8) is 0 Å². The van der Waals surface area contributed by atoms with Crippen LogP contribution < -0.4 is 5.73 Å². The van der Waals surface area contributed by atoms with Crippen LogP contribution in [0.1, 0.15) is 37.6 Å². The molecule has 2 fully saturated rings. The van der Waals surface area contributed by atoms with E-state index in [-0.39, 0.29) is 30.9 Å². The smallest absolute Gasteiger partial charge is 0.265 e. The standard InChI is InChI=1S/C16H24F2N4O2S/c1-10-8-24-11(2)6-21(10)7-12(13-5-20-15(19)25-13)22-9-16(17,18)4-3-14(22)23/h5,10-12H,3-4,6-9H2,1-2H3,(H2,19,20)/t10-,11+,12?/m0/s1. The van der Waals surface area contributed by atoms with Crippen LogP contribution >= 0.6 is 11.3 Å². The molecule has 3 atom stereocenters. The molecule has 9 heteroatoms. The molecule has 3 heterocycles. The zero-order valence-corrected chi connectivity index (χ0v) is 15.3. The van der Waals surface area contributed by atoms with Crippen LogP contribution in [0, 0.1) is 0 Å². The molecule has 0 bridgehead atoms. The fourth-order valence-corrected chi connectivity index (χ4v) is 4.17. The predicted octanol–water partition coefficient (Wildman–Crippen LogP) is 2.13. The number of amides is 1. The van der Waals surface area contributed by atoms with E-state index in [9.17, 15) is 13.6 Å². The number of hydrogen-bond acceptors (Lipinski definition) is 6. The highest BCUT2D eigenvalue weighted by molar-refractivity contribution is 7.15. The lowest BCUT2D eigenvalue weighted by Crippen LogP contribution is -2.54. The van der Waals surface area contributed by atoms with Gasteiger partial charge in [-0.2, -0.15) is 0 Å². The van der Waals surface area contributed by atoms with Crippen LogP contribution in [0.25, 0.3) is 0 Å². The van der Waals surface area contributed by atoms with E-state index in [0.717, 1.165) is 4.88 Å². The van der Waals surface area contributed by atoms with Crippen molar-refractivity contribution in [2.45, 2.75) is 50.8 Å². The Morgan fingerprint density at radius 3 is 2.96 bits per heavy atom. The maximum absolute atomic E-state index is 14.0. The normalized spacial score (nSPS) is 29.0. The minimum Gasteiger partial charge on any atom is -0.376 e. The summed E-state index contributed by atoms with van der Waals surface area (Å²) in [7, 11) is 0. The van der Waals surface area contributed by atoms with Gasteiger partial charge in [0.25, 0.3) is 5.92 Å². The Labute approximate surface area is 149 Å². The number of hydrogen-bond donors (Lipinski definition) is 1. The molecule has 6 nitrogen and oxygen atoms in total. The monoisotopic (exact) mass is 374 g/mol. The van der Waals surface area contributed by atoms with E-state index in [0.29, 0.717) is 24.8 Å². The van der Waals surface area contributed by atoms with Gasteiger partial charge in [0.1, 0.15) is 0 Å². The molecule has 2 aliphatic heterocycles. The number of piperidine rings is 1. The lowest BCUT2D eigenvalue weighted by Gasteiger charge is -2.43. The fourth-order valence-electron chi connectivity index (χ4n) is 3.38. The first-order chi connectivity index (χ1) is 11.7. The van der Waals surface area contributed by atoms with Gasteiger partial charge in [0.15, 0.2) is 5.13 Å². The molecule has 0 radical (unpaired) electrons. The summed E-state index contributed by atoms with van der Waals surface area (Å²) in [4.78, 5) is 20.7. The molecule has 3 rings (SSSR count). The third kappa shape index (κ3) is 4.27. The molecule has 140 valence electrons. The van der Waals surface area contributed by atoms with Crippen LogP contribution in [0.2, 0.25) is 0 Å². The van der Waals surface area contributed by atoms with Crippen molar-refractivity contribution in [2.75, 3.05) is 32.0 Å². The number of morpholine rings is 1. The Kier molecular flexibility index (Phi) is 5.26. The number of alkyl halides is 2. The number of carbonyl (C=O) groups excluding carboxylic acids is 1. The van der Waals surface area contributed by atoms with Gasteiger partial charge >= 0.3 is 0 Å². The van der Waals surface area contributed by atoms with Crippen LogP contribution in [0.4, 0.5) is 13.9 Å². The van der Waals surface area contributed by atoms with Gasteiger partial charge in [-0.1, -0.05) is 0 Å². The Morgan fingerprint density at radius 1 is 1.52 bits per heavy atom. The maximum Gasteiger partial charge on any atom is 0.265 e. The second-order valence-electron chi connectivity index (χ2n) is 6.94. The quantitative estimate of drug-likeness (QED) is 0.874. The van der Waals surface area contributed by atoms with Gasteiger partial charge in [-0.25, -0.2) is 13.8 Å². The van der Waals surface area contributed by atoms with E-state index < -0.39 is 18.5 Å². The summed E-state index contributed by atoms with van der Waals surface area (Å²) in [6.45, 7) is 5.23. The van der Waals surface area contributed by atoms with Crippen molar-refractivity contribution in [3.05, 3.63) is 11.1 Å². The number of rotatable bonds is 4. The molecule has 0 aromatic carbocycles. The number of anilines is 1. The van der Waals surface area contributed by atoms with Crippen molar-refractivity contribution < 1.29 is 18.3 Å². The number of aromatic nitrogens is 1. The van der Waals surface area contributed by atoms with Gasteiger partial charge in [-0.15, -0.1) is 11.3 Å². The fraction of sp³-hybridized carbons (Fsp3) is 0.750. The molecule has 2 aliphatic rings. The van der Waals surface area contributed by atoms with Crippen LogP contribution in [-0.2, 0) is 9.53 Å². The summed E-state index contributed by atoms with van der Waals surface area (Å²) < 4.78 is 33.6. The molecule has 0 saturated carbocycles. The zero-order chi connectivity index (χ0) is 18.2. The highest BCUT2D eigenvalue weighted by Crippen LogP contribution is 2.36. The Balaban J connectivity index is 1.86. The van der Waals surface area contributed by atoms with E-state index in [1.165, 1.54) is 16.2 Å². The third-order valence-corrected chi connectivity index (χ3v) is 5.74. The van der Waals surface area contributed by atoms with Gasteiger partial charge in [0, 0.05) is 38.2 Å². The first-order valence-electron chi connectivity index (χ1n) is 8.49. The number of nitrogen functional groups attached to an aromatic ring is 1. The first-order valence-corrected chi connectivity index (χ1v) is 9.31. The van der Waals surface area contributed by atoms with Crippen molar-refractivity contribution in [1.82, 2.24) is 14.8 Å². The van der Waals surface area contributed by atoms with E-state index >= 15 is 0 Å². The lowest BCUT2D eigenvalue weighted by molar-refractivity contribution is -0.153. The molecule has 0 spiro atoms. The van der Waals surface area contributed by atoms with E-state index in [4.69, 9.17) is 10.5 Å². The largest absolute Gasteiger partial charge is 0.376 e. The van der Waals surface area contributed by atoms with Crippen LogP contribution in [-0.4, -0.2) is 65.0 Å². The molecule has 1 amide bonds. The van der Waals surface area contributed by atoms with Crippen molar-refractivity contribution in [2.24, 2.45) is 0 Å². The topological polar surface area (TPSA) is 71.7 Å². The molecule has 1 aromatic rings. The van der Waals surface area contributed by atoms with Gasteiger partial charge in [-0.05, 0) is 13.8 Å². The van der Waals surface area contributed by atoms with Crippen molar-refractivity contribution >= 4 is 22.4 Å². The van der Waals surface area contributed by atoms with Crippen LogP contribution in [0.5, 0.6) is 0 Å².